The van der Waals surface area contributed by atoms with Crippen LogP contribution in [0.1, 0.15) is 37.3 Å². The number of fused-ring (bicyclic) bond motifs is 1. The van der Waals surface area contributed by atoms with Crippen molar-refractivity contribution in [3.63, 3.8) is 0 Å². The Balaban J connectivity index is 1.97. The van der Waals surface area contributed by atoms with Crippen LogP contribution in [0, 0.1) is 0 Å². The predicted octanol–water partition coefficient (Wildman–Crippen LogP) is 2.46. The van der Waals surface area contributed by atoms with Crippen LogP contribution in [0.2, 0.25) is 0 Å². The zero-order valence-corrected chi connectivity index (χ0v) is 11.0. The second kappa shape index (κ2) is 5.63. The topological polar surface area (TPSA) is 56.5 Å². The lowest BCUT2D eigenvalue weighted by Crippen LogP contribution is -2.31. The molecule has 1 aliphatic carbocycles. The van der Waals surface area contributed by atoms with E-state index >= 15 is 0 Å². The molecule has 2 aliphatic rings. The zero-order valence-electron chi connectivity index (χ0n) is 11.0. The van der Waals surface area contributed by atoms with Crippen molar-refractivity contribution < 1.29 is 9.47 Å². The van der Waals surface area contributed by atoms with Gasteiger partial charge in [0.2, 0.25) is 0 Å². The van der Waals surface area contributed by atoms with Gasteiger partial charge < -0.3 is 9.47 Å². The summed E-state index contributed by atoms with van der Waals surface area (Å²) in [5, 5.41) is 0. The molecule has 0 amide bonds. The van der Waals surface area contributed by atoms with Gasteiger partial charge in [-0.15, -0.1) is 0 Å². The predicted molar refractivity (Wildman–Crippen MR) is 74.0 cm³/mol. The Kier molecular flexibility index (Phi) is 3.71. The largest absolute Gasteiger partial charge is 0.486 e. The van der Waals surface area contributed by atoms with E-state index in [9.17, 15) is 0 Å². The minimum absolute atomic E-state index is 0.0250. The van der Waals surface area contributed by atoms with E-state index in [-0.39, 0.29) is 6.04 Å². The quantitative estimate of drug-likeness (QED) is 0.498. The summed E-state index contributed by atoms with van der Waals surface area (Å²) < 4.78 is 11.4. The first-order chi connectivity index (χ1) is 9.40. The Morgan fingerprint density at radius 3 is 2.84 bits per heavy atom. The summed E-state index contributed by atoms with van der Waals surface area (Å²) in [6.45, 7) is 1.21. The molecular formula is C15H20N2O2. The average Bonchev–Trinajstić information content (AvgIpc) is 2.49. The number of hydrazine groups is 1. The Morgan fingerprint density at radius 1 is 1.16 bits per heavy atom. The lowest BCUT2D eigenvalue weighted by Gasteiger charge is -2.27. The highest BCUT2D eigenvalue weighted by Crippen LogP contribution is 2.40. The van der Waals surface area contributed by atoms with Gasteiger partial charge in [0, 0.05) is 5.56 Å². The molecule has 19 heavy (non-hydrogen) atoms. The molecule has 0 aromatic heterocycles. The van der Waals surface area contributed by atoms with Gasteiger partial charge in [-0.1, -0.05) is 23.8 Å². The van der Waals surface area contributed by atoms with Crippen LogP contribution in [0.15, 0.2) is 29.8 Å². The Morgan fingerprint density at radius 2 is 2.05 bits per heavy atom. The van der Waals surface area contributed by atoms with Crippen molar-refractivity contribution in [3.05, 3.63) is 35.4 Å². The number of rotatable bonds is 3. The third-order valence-electron chi connectivity index (χ3n) is 3.77. The highest BCUT2D eigenvalue weighted by atomic mass is 16.6. The fraction of sp³-hybridized carbons (Fsp3) is 0.467. The zero-order chi connectivity index (χ0) is 13.1. The number of para-hydroxylation sites is 1. The van der Waals surface area contributed by atoms with E-state index in [1.165, 1.54) is 18.4 Å². The number of ether oxygens (including phenoxy) is 2. The minimum Gasteiger partial charge on any atom is -0.486 e. The van der Waals surface area contributed by atoms with E-state index < -0.39 is 0 Å². The van der Waals surface area contributed by atoms with Gasteiger partial charge in [0.1, 0.15) is 13.2 Å². The van der Waals surface area contributed by atoms with Gasteiger partial charge in [-0.25, -0.2) is 5.43 Å². The van der Waals surface area contributed by atoms with E-state index in [1.807, 2.05) is 12.1 Å². The van der Waals surface area contributed by atoms with Crippen LogP contribution < -0.4 is 20.7 Å². The minimum atomic E-state index is 0.0250. The molecule has 102 valence electrons. The van der Waals surface area contributed by atoms with Crippen molar-refractivity contribution >= 4 is 0 Å². The fourth-order valence-electron chi connectivity index (χ4n) is 2.85. The van der Waals surface area contributed by atoms with Gasteiger partial charge in [-0.3, -0.25) is 5.84 Å². The SMILES string of the molecule is NNC(C1=CCCCC1)c1cccc2c1OCCO2. The van der Waals surface area contributed by atoms with Crippen LogP contribution in [0.5, 0.6) is 11.5 Å². The monoisotopic (exact) mass is 260 g/mol. The van der Waals surface area contributed by atoms with Crippen LogP contribution in [-0.4, -0.2) is 13.2 Å². The number of hydrogen-bond acceptors (Lipinski definition) is 4. The third kappa shape index (κ3) is 2.46. The molecule has 0 saturated heterocycles. The number of nitrogens with two attached hydrogens (primary N) is 1. The van der Waals surface area contributed by atoms with Gasteiger partial charge in [0.05, 0.1) is 6.04 Å². The molecule has 0 saturated carbocycles. The van der Waals surface area contributed by atoms with E-state index in [2.05, 4.69) is 17.6 Å². The molecule has 1 unspecified atom stereocenters. The summed E-state index contributed by atoms with van der Waals surface area (Å²) in [4.78, 5) is 0. The Hall–Kier alpha value is -1.52. The second-order valence-electron chi connectivity index (χ2n) is 5.00. The molecule has 0 bridgehead atoms. The number of nitrogens with one attached hydrogen (secondary N) is 1. The maximum atomic E-state index is 5.78. The summed E-state index contributed by atoms with van der Waals surface area (Å²) in [5.74, 6) is 7.44. The molecule has 3 N–H and O–H groups in total. The Labute approximate surface area is 113 Å². The molecule has 3 rings (SSSR count). The van der Waals surface area contributed by atoms with Crippen LogP contribution in [-0.2, 0) is 0 Å². The average molecular weight is 260 g/mol. The molecule has 1 atom stereocenters. The molecule has 0 fully saturated rings. The van der Waals surface area contributed by atoms with Gasteiger partial charge in [0.15, 0.2) is 11.5 Å². The van der Waals surface area contributed by atoms with Crippen LogP contribution >= 0.6 is 0 Å². The summed E-state index contributed by atoms with van der Waals surface area (Å²) in [6.07, 6.45) is 7.04. The molecular weight excluding hydrogens is 240 g/mol. The van der Waals surface area contributed by atoms with Gasteiger partial charge in [0.25, 0.3) is 0 Å². The fourth-order valence-corrected chi connectivity index (χ4v) is 2.85. The second-order valence-corrected chi connectivity index (χ2v) is 5.00. The summed E-state index contributed by atoms with van der Waals surface area (Å²) in [7, 11) is 0. The molecule has 1 aliphatic heterocycles. The highest BCUT2D eigenvalue weighted by molar-refractivity contribution is 5.51. The Bertz CT molecular complexity index is 485. The van der Waals surface area contributed by atoms with Gasteiger partial charge in [-0.05, 0) is 31.7 Å². The smallest absolute Gasteiger partial charge is 0.166 e. The lowest BCUT2D eigenvalue weighted by molar-refractivity contribution is 0.169. The summed E-state index contributed by atoms with van der Waals surface area (Å²) in [6, 6.07) is 6.03. The van der Waals surface area contributed by atoms with Gasteiger partial charge >= 0.3 is 0 Å². The van der Waals surface area contributed by atoms with E-state index in [0.717, 1.165) is 29.9 Å². The maximum Gasteiger partial charge on any atom is 0.166 e. The van der Waals surface area contributed by atoms with Crippen molar-refractivity contribution in [2.75, 3.05) is 13.2 Å². The summed E-state index contributed by atoms with van der Waals surface area (Å²) >= 11 is 0. The molecule has 4 nitrogen and oxygen atoms in total. The molecule has 1 heterocycles. The first kappa shape index (κ1) is 12.5. The third-order valence-corrected chi connectivity index (χ3v) is 3.77. The summed E-state index contributed by atoms with van der Waals surface area (Å²) in [5.41, 5.74) is 5.37. The van der Waals surface area contributed by atoms with Crippen LogP contribution in [0.25, 0.3) is 0 Å². The molecule has 4 heteroatoms. The van der Waals surface area contributed by atoms with Gasteiger partial charge in [-0.2, -0.15) is 0 Å². The van der Waals surface area contributed by atoms with Crippen molar-refractivity contribution in [2.24, 2.45) is 5.84 Å². The standard InChI is InChI=1S/C15H20N2O2/c16-17-14(11-5-2-1-3-6-11)12-7-4-8-13-15(12)19-10-9-18-13/h4-5,7-8,14,17H,1-3,6,9-10,16H2. The first-order valence-electron chi connectivity index (χ1n) is 6.93. The van der Waals surface area contributed by atoms with E-state index in [1.54, 1.807) is 0 Å². The highest BCUT2D eigenvalue weighted by Gasteiger charge is 2.24. The van der Waals surface area contributed by atoms with E-state index in [0.29, 0.717) is 13.2 Å². The van der Waals surface area contributed by atoms with E-state index in [4.69, 9.17) is 15.3 Å². The molecule has 1 aromatic rings. The van der Waals surface area contributed by atoms with Crippen LogP contribution in [0.4, 0.5) is 0 Å². The van der Waals surface area contributed by atoms with Crippen molar-refractivity contribution in [3.8, 4) is 11.5 Å². The lowest BCUT2D eigenvalue weighted by atomic mass is 9.89. The van der Waals surface area contributed by atoms with Crippen LogP contribution in [0.3, 0.4) is 0 Å². The molecule has 1 aromatic carbocycles. The first-order valence-corrected chi connectivity index (χ1v) is 6.93. The normalized spacial score (nSPS) is 19.7. The number of benzene rings is 1. The molecule has 0 spiro atoms. The molecule has 0 radical (unpaired) electrons. The van der Waals surface area contributed by atoms with Crippen molar-refractivity contribution in [1.82, 2.24) is 5.43 Å². The van der Waals surface area contributed by atoms with Crippen molar-refractivity contribution in [2.45, 2.75) is 31.7 Å². The number of hydrogen-bond donors (Lipinski definition) is 2. The maximum absolute atomic E-state index is 5.78. The van der Waals surface area contributed by atoms with Crippen molar-refractivity contribution in [1.29, 1.82) is 0 Å². The number of allylic oxidation sites excluding steroid dienone is 1.